The summed E-state index contributed by atoms with van der Waals surface area (Å²) in [5.41, 5.74) is 1.74. The van der Waals surface area contributed by atoms with Crippen LogP contribution in [0.5, 0.6) is 11.5 Å². The van der Waals surface area contributed by atoms with Crippen LogP contribution in [0.2, 0.25) is 0 Å². The highest BCUT2D eigenvalue weighted by molar-refractivity contribution is 5.94. The number of aliphatic hydroxyl groups excluding tert-OH is 1. The summed E-state index contributed by atoms with van der Waals surface area (Å²) in [5, 5.41) is 20.2. The van der Waals surface area contributed by atoms with Gasteiger partial charge in [-0.15, -0.1) is 0 Å². The van der Waals surface area contributed by atoms with E-state index >= 15 is 0 Å². The minimum Gasteiger partial charge on any atom is -0.511 e. The Morgan fingerprint density at radius 3 is 2.42 bits per heavy atom. The Balaban J connectivity index is 1.85. The molecule has 0 unspecified atom stereocenters. The van der Waals surface area contributed by atoms with Crippen molar-refractivity contribution in [2.45, 2.75) is 84.7 Å². The monoisotopic (exact) mass is 554 g/mol. The number of allylic oxidation sites excluding steroid dienone is 1. The number of rotatable bonds is 14. The van der Waals surface area contributed by atoms with Crippen molar-refractivity contribution in [1.82, 2.24) is 20.4 Å². The van der Waals surface area contributed by atoms with Gasteiger partial charge in [0.15, 0.2) is 5.69 Å². The number of aromatic nitrogens is 2. The number of aliphatic hydroxyl groups is 1. The fraction of sp³-hybridized carbons (Fsp3) is 0.581. The van der Waals surface area contributed by atoms with Gasteiger partial charge >= 0.3 is 0 Å². The van der Waals surface area contributed by atoms with Crippen molar-refractivity contribution in [3.63, 3.8) is 0 Å². The molecule has 1 aliphatic rings. The van der Waals surface area contributed by atoms with Gasteiger partial charge in [-0.1, -0.05) is 52.0 Å². The lowest BCUT2D eigenvalue weighted by molar-refractivity contribution is -0.121. The van der Waals surface area contributed by atoms with Crippen LogP contribution >= 0.6 is 0 Å². The Labute approximate surface area is 238 Å². The predicted molar refractivity (Wildman–Crippen MR) is 157 cm³/mol. The van der Waals surface area contributed by atoms with E-state index in [1.807, 2.05) is 22.9 Å². The highest BCUT2D eigenvalue weighted by Crippen LogP contribution is 2.39. The molecule has 0 bridgehead atoms. The smallest absolute Gasteiger partial charge is 0.272 e. The second-order valence-electron chi connectivity index (χ2n) is 11.0. The van der Waals surface area contributed by atoms with Gasteiger partial charge in [-0.3, -0.25) is 14.3 Å². The summed E-state index contributed by atoms with van der Waals surface area (Å²) < 4.78 is 13.1. The van der Waals surface area contributed by atoms with Gasteiger partial charge < -0.3 is 25.2 Å². The molecule has 1 aromatic carbocycles. The molecule has 1 saturated carbocycles. The van der Waals surface area contributed by atoms with Gasteiger partial charge in [0, 0.05) is 19.0 Å². The number of nitrogens with zero attached hydrogens (tertiary/aromatic N) is 2. The topological polar surface area (TPSA) is 115 Å². The molecule has 0 spiro atoms. The van der Waals surface area contributed by atoms with Crippen LogP contribution < -0.4 is 20.1 Å². The third kappa shape index (κ3) is 8.76. The van der Waals surface area contributed by atoms with E-state index in [4.69, 9.17) is 9.47 Å². The Bertz CT molecular complexity index is 1130. The maximum Gasteiger partial charge on any atom is 0.272 e. The first-order valence-corrected chi connectivity index (χ1v) is 14.5. The van der Waals surface area contributed by atoms with Crippen LogP contribution in [-0.2, 0) is 11.3 Å². The summed E-state index contributed by atoms with van der Waals surface area (Å²) in [4.78, 5) is 26.3. The normalized spacial score (nSPS) is 15.1. The lowest BCUT2D eigenvalue weighted by Gasteiger charge is -2.24. The summed E-state index contributed by atoms with van der Waals surface area (Å²) in [6, 6.07) is 6.99. The largest absolute Gasteiger partial charge is 0.511 e. The lowest BCUT2D eigenvalue weighted by Crippen LogP contribution is -2.40. The van der Waals surface area contributed by atoms with E-state index in [9.17, 15) is 14.7 Å². The first-order chi connectivity index (χ1) is 19.2. The van der Waals surface area contributed by atoms with Crippen molar-refractivity contribution in [2.75, 3.05) is 20.8 Å². The van der Waals surface area contributed by atoms with Crippen molar-refractivity contribution >= 4 is 11.8 Å². The van der Waals surface area contributed by atoms with Crippen molar-refractivity contribution in [3.8, 4) is 22.8 Å². The maximum atomic E-state index is 13.6. The quantitative estimate of drug-likeness (QED) is 0.260. The Hall–Kier alpha value is -3.49. The van der Waals surface area contributed by atoms with Crippen LogP contribution in [-0.4, -0.2) is 53.5 Å². The molecule has 1 aromatic heterocycles. The van der Waals surface area contributed by atoms with Gasteiger partial charge in [0.05, 0.1) is 32.0 Å². The number of amides is 2. The number of nitrogens with one attached hydrogen (secondary N) is 2. The molecule has 9 nitrogen and oxygen atoms in total. The van der Waals surface area contributed by atoms with Crippen molar-refractivity contribution < 1.29 is 24.2 Å². The van der Waals surface area contributed by atoms with Gasteiger partial charge in [0.1, 0.15) is 17.3 Å². The summed E-state index contributed by atoms with van der Waals surface area (Å²) in [5.74, 6) is 1.73. The van der Waals surface area contributed by atoms with Crippen molar-refractivity contribution in [1.29, 1.82) is 0 Å². The summed E-state index contributed by atoms with van der Waals surface area (Å²) in [7, 11) is 3.21. The van der Waals surface area contributed by atoms with E-state index in [2.05, 4.69) is 29.6 Å². The average molecular weight is 555 g/mol. The van der Waals surface area contributed by atoms with E-state index in [-0.39, 0.29) is 48.2 Å². The molecule has 1 atom stereocenters. The minimum absolute atomic E-state index is 0.0718. The first-order valence-electron chi connectivity index (χ1n) is 14.5. The maximum absolute atomic E-state index is 13.6. The van der Waals surface area contributed by atoms with E-state index in [1.165, 1.54) is 32.1 Å². The number of methoxy groups -OCH3 is 2. The van der Waals surface area contributed by atoms with Gasteiger partial charge in [-0.25, -0.2) is 0 Å². The van der Waals surface area contributed by atoms with Crippen LogP contribution in [0.4, 0.5) is 0 Å². The number of benzene rings is 1. The molecule has 1 fully saturated rings. The Morgan fingerprint density at radius 1 is 1.15 bits per heavy atom. The average Bonchev–Trinajstić information content (AvgIpc) is 3.37. The van der Waals surface area contributed by atoms with Gasteiger partial charge in [-0.2, -0.15) is 5.10 Å². The third-order valence-electron chi connectivity index (χ3n) is 7.45. The zero-order valence-electron chi connectivity index (χ0n) is 24.7. The van der Waals surface area contributed by atoms with Gasteiger partial charge in [0.2, 0.25) is 5.91 Å². The highest BCUT2D eigenvalue weighted by Gasteiger charge is 2.25. The van der Waals surface area contributed by atoms with Gasteiger partial charge in [0.25, 0.3) is 5.91 Å². The molecule has 3 rings (SSSR count). The molecular weight excluding hydrogens is 508 g/mol. The zero-order valence-corrected chi connectivity index (χ0v) is 24.7. The van der Waals surface area contributed by atoms with Crippen LogP contribution in [0.25, 0.3) is 11.3 Å². The standard InChI is InChI=1S/C31H46N4O5/c1-6-24(36)19-32-29(37)17-23(16-15-22-11-8-7-9-12-22)33-31(38)25-18-26(35(34-25)20-21(2)3)30-27(39-4)13-10-14-28(30)40-5/h6,10,13-14,18,21-23,36H,7-9,11-12,15-17,19-20H2,1-5H3,(H,32,37)(H,33,38)/b24-6-/t23-/m0/s1. The number of ether oxygens (including phenoxy) is 2. The molecule has 2 amide bonds. The molecule has 1 aliphatic carbocycles. The number of hydrogen-bond acceptors (Lipinski definition) is 6. The molecule has 40 heavy (non-hydrogen) atoms. The van der Waals surface area contributed by atoms with Crippen LogP contribution in [0.15, 0.2) is 36.1 Å². The molecule has 0 aliphatic heterocycles. The third-order valence-corrected chi connectivity index (χ3v) is 7.45. The van der Waals surface area contributed by atoms with E-state index in [0.29, 0.717) is 30.4 Å². The summed E-state index contributed by atoms with van der Waals surface area (Å²) >= 11 is 0. The minimum atomic E-state index is -0.346. The predicted octanol–water partition coefficient (Wildman–Crippen LogP) is 5.65. The second kappa shape index (κ2) is 15.3. The molecular formula is C31H46N4O5. The fourth-order valence-corrected chi connectivity index (χ4v) is 5.30. The SMILES string of the molecule is C/C=C(\O)CNC(=O)C[C@H](CCC1CCCCC1)NC(=O)c1cc(-c2c(OC)cccc2OC)n(CC(C)C)n1. The summed E-state index contributed by atoms with van der Waals surface area (Å²) in [6.07, 6.45) is 9.52. The molecule has 2 aromatic rings. The molecule has 3 N–H and O–H groups in total. The van der Waals surface area contributed by atoms with E-state index in [0.717, 1.165) is 17.7 Å². The van der Waals surface area contributed by atoms with Crippen molar-refractivity contribution in [3.05, 3.63) is 41.8 Å². The number of carbonyl (C=O) groups is 2. The Morgan fingerprint density at radius 2 is 1.82 bits per heavy atom. The van der Waals surface area contributed by atoms with Crippen LogP contribution in [0, 0.1) is 11.8 Å². The van der Waals surface area contributed by atoms with E-state index < -0.39 is 0 Å². The van der Waals surface area contributed by atoms with Gasteiger partial charge in [-0.05, 0) is 55.9 Å². The molecule has 1 heterocycles. The molecule has 0 saturated heterocycles. The lowest BCUT2D eigenvalue weighted by atomic mass is 9.85. The zero-order chi connectivity index (χ0) is 29.1. The van der Waals surface area contributed by atoms with Crippen molar-refractivity contribution in [2.24, 2.45) is 11.8 Å². The van der Waals surface area contributed by atoms with Crippen LogP contribution in [0.3, 0.4) is 0 Å². The number of hydrogen-bond donors (Lipinski definition) is 3. The Kier molecular flexibility index (Phi) is 11.9. The number of carbonyl (C=O) groups excluding carboxylic acids is 2. The highest BCUT2D eigenvalue weighted by atomic mass is 16.5. The summed E-state index contributed by atoms with van der Waals surface area (Å²) in [6.45, 7) is 6.57. The first kappa shape index (κ1) is 31.0. The second-order valence-corrected chi connectivity index (χ2v) is 11.0. The molecule has 9 heteroatoms. The molecule has 220 valence electrons. The van der Waals surface area contributed by atoms with E-state index in [1.54, 1.807) is 33.3 Å². The fourth-order valence-electron chi connectivity index (χ4n) is 5.30. The molecule has 0 radical (unpaired) electrons. The van der Waals surface area contributed by atoms with Crippen LogP contribution in [0.1, 0.15) is 82.6 Å².